The first-order valence-electron chi connectivity index (χ1n) is 6.25. The van der Waals surface area contributed by atoms with E-state index >= 15 is 0 Å². The molecule has 84 valence electrons. The van der Waals surface area contributed by atoms with Crippen molar-refractivity contribution >= 4 is 5.91 Å². The van der Waals surface area contributed by atoms with Crippen LogP contribution in [0.1, 0.15) is 32.1 Å². The van der Waals surface area contributed by atoms with E-state index in [0.29, 0.717) is 11.9 Å². The molecule has 3 heteroatoms. The molecule has 3 aliphatic rings. The molecule has 3 rings (SSSR count). The van der Waals surface area contributed by atoms with E-state index in [9.17, 15) is 4.79 Å². The third-order valence-corrected chi connectivity index (χ3v) is 4.58. The number of nitrogens with zero attached hydrogens (tertiary/aromatic N) is 1. The Labute approximate surface area is 91.2 Å². The molecule has 2 saturated carbocycles. The van der Waals surface area contributed by atoms with Gasteiger partial charge < -0.3 is 10.2 Å². The van der Waals surface area contributed by atoms with Crippen molar-refractivity contribution in [2.45, 2.75) is 44.2 Å². The van der Waals surface area contributed by atoms with Crippen molar-refractivity contribution in [3.05, 3.63) is 0 Å². The zero-order valence-electron chi connectivity index (χ0n) is 9.41. The Morgan fingerprint density at radius 2 is 2.13 bits per heavy atom. The fourth-order valence-corrected chi connectivity index (χ4v) is 3.68. The Morgan fingerprint density at radius 3 is 2.67 bits per heavy atom. The highest BCUT2D eigenvalue weighted by Crippen LogP contribution is 2.44. The maximum Gasteiger partial charge on any atom is 0.239 e. The number of carbonyl (C=O) groups excluding carboxylic acids is 1. The second-order valence-electron chi connectivity index (χ2n) is 5.55. The number of fused-ring (bicyclic) bond motifs is 2. The van der Waals surface area contributed by atoms with E-state index < -0.39 is 0 Å². The fraction of sp³-hybridized carbons (Fsp3) is 0.917. The summed E-state index contributed by atoms with van der Waals surface area (Å²) in [6.07, 6.45) is 6.55. The molecule has 0 spiro atoms. The van der Waals surface area contributed by atoms with Gasteiger partial charge in [0.2, 0.25) is 5.91 Å². The lowest BCUT2D eigenvalue weighted by Crippen LogP contribution is -2.45. The molecular weight excluding hydrogens is 188 g/mol. The van der Waals surface area contributed by atoms with Crippen molar-refractivity contribution in [1.82, 2.24) is 10.2 Å². The maximum absolute atomic E-state index is 11.8. The van der Waals surface area contributed by atoms with Crippen molar-refractivity contribution in [3.8, 4) is 0 Å². The van der Waals surface area contributed by atoms with E-state index in [1.54, 1.807) is 0 Å². The van der Waals surface area contributed by atoms with Crippen LogP contribution in [-0.2, 0) is 4.79 Å². The standard InChI is InChI=1S/C12H20N2O/c1-14-5-4-10(12(14)15)13-11-7-8-2-3-9(11)6-8/h8-11,13H,2-7H2,1H3. The van der Waals surface area contributed by atoms with Gasteiger partial charge >= 0.3 is 0 Å². The van der Waals surface area contributed by atoms with Gasteiger partial charge in [0.05, 0.1) is 6.04 Å². The van der Waals surface area contributed by atoms with Gasteiger partial charge in [0.15, 0.2) is 0 Å². The van der Waals surface area contributed by atoms with E-state index in [0.717, 1.165) is 24.8 Å². The van der Waals surface area contributed by atoms with Crippen LogP contribution in [-0.4, -0.2) is 36.5 Å². The van der Waals surface area contributed by atoms with Gasteiger partial charge in [-0.1, -0.05) is 6.42 Å². The summed E-state index contributed by atoms with van der Waals surface area (Å²) in [5.41, 5.74) is 0. The second-order valence-corrected chi connectivity index (χ2v) is 5.55. The monoisotopic (exact) mass is 208 g/mol. The van der Waals surface area contributed by atoms with Gasteiger partial charge in [-0.25, -0.2) is 0 Å². The van der Waals surface area contributed by atoms with Crippen molar-refractivity contribution in [3.63, 3.8) is 0 Å². The number of hydrogen-bond donors (Lipinski definition) is 1. The normalized spacial score (nSPS) is 44.3. The summed E-state index contributed by atoms with van der Waals surface area (Å²) in [5, 5.41) is 3.60. The summed E-state index contributed by atoms with van der Waals surface area (Å²) in [5.74, 6) is 2.13. The van der Waals surface area contributed by atoms with Crippen LogP contribution >= 0.6 is 0 Å². The van der Waals surface area contributed by atoms with Crippen molar-refractivity contribution in [2.75, 3.05) is 13.6 Å². The van der Waals surface area contributed by atoms with Crippen LogP contribution in [0.3, 0.4) is 0 Å². The SMILES string of the molecule is CN1CCC(NC2CC3CCC2C3)C1=O. The lowest BCUT2D eigenvalue weighted by molar-refractivity contribution is -0.128. The quantitative estimate of drug-likeness (QED) is 0.734. The van der Waals surface area contributed by atoms with Crippen molar-refractivity contribution in [2.24, 2.45) is 11.8 Å². The highest BCUT2D eigenvalue weighted by molar-refractivity contribution is 5.83. The first-order chi connectivity index (χ1) is 7.24. The molecule has 3 nitrogen and oxygen atoms in total. The molecule has 2 aliphatic carbocycles. The van der Waals surface area contributed by atoms with Gasteiger partial charge in [-0.3, -0.25) is 4.79 Å². The maximum atomic E-state index is 11.8. The molecule has 2 bridgehead atoms. The van der Waals surface area contributed by atoms with Gasteiger partial charge in [0.25, 0.3) is 0 Å². The Balaban J connectivity index is 1.60. The third kappa shape index (κ3) is 1.57. The molecule has 0 aromatic rings. The van der Waals surface area contributed by atoms with Gasteiger partial charge in [0, 0.05) is 19.6 Å². The van der Waals surface area contributed by atoms with E-state index in [2.05, 4.69) is 5.32 Å². The predicted octanol–water partition coefficient (Wildman–Crippen LogP) is 0.995. The Kier molecular flexibility index (Phi) is 2.23. The second kappa shape index (κ2) is 3.48. The number of hydrogen-bond acceptors (Lipinski definition) is 2. The molecule has 4 atom stereocenters. The predicted molar refractivity (Wildman–Crippen MR) is 58.4 cm³/mol. The summed E-state index contributed by atoms with van der Waals surface area (Å²) < 4.78 is 0. The fourth-order valence-electron chi connectivity index (χ4n) is 3.68. The largest absolute Gasteiger partial charge is 0.344 e. The zero-order valence-corrected chi connectivity index (χ0v) is 9.41. The zero-order chi connectivity index (χ0) is 10.4. The lowest BCUT2D eigenvalue weighted by atomic mass is 9.94. The smallest absolute Gasteiger partial charge is 0.239 e. The summed E-state index contributed by atoms with van der Waals surface area (Å²) in [6.45, 7) is 0.928. The van der Waals surface area contributed by atoms with Gasteiger partial charge in [-0.05, 0) is 37.5 Å². The third-order valence-electron chi connectivity index (χ3n) is 4.58. The Hall–Kier alpha value is -0.570. The highest BCUT2D eigenvalue weighted by atomic mass is 16.2. The molecule has 1 saturated heterocycles. The average Bonchev–Trinajstić information content (AvgIpc) is 2.89. The van der Waals surface area contributed by atoms with Gasteiger partial charge in [-0.15, -0.1) is 0 Å². The summed E-state index contributed by atoms with van der Waals surface area (Å²) in [4.78, 5) is 13.6. The molecule has 15 heavy (non-hydrogen) atoms. The lowest BCUT2D eigenvalue weighted by Gasteiger charge is -2.25. The van der Waals surface area contributed by atoms with Crippen LogP contribution < -0.4 is 5.32 Å². The van der Waals surface area contributed by atoms with E-state index in [4.69, 9.17) is 0 Å². The van der Waals surface area contributed by atoms with Crippen LogP contribution in [0.5, 0.6) is 0 Å². The van der Waals surface area contributed by atoms with Gasteiger partial charge in [-0.2, -0.15) is 0 Å². The number of carbonyl (C=O) groups is 1. The number of rotatable bonds is 2. The van der Waals surface area contributed by atoms with Crippen LogP contribution in [0, 0.1) is 11.8 Å². The molecule has 0 aromatic heterocycles. The molecule has 1 heterocycles. The van der Waals surface area contributed by atoms with Crippen LogP contribution in [0.4, 0.5) is 0 Å². The first-order valence-corrected chi connectivity index (χ1v) is 6.25. The minimum Gasteiger partial charge on any atom is -0.344 e. The van der Waals surface area contributed by atoms with E-state index in [1.165, 1.54) is 25.7 Å². The topological polar surface area (TPSA) is 32.3 Å². The van der Waals surface area contributed by atoms with E-state index in [1.807, 2.05) is 11.9 Å². The van der Waals surface area contributed by atoms with Crippen molar-refractivity contribution in [1.29, 1.82) is 0 Å². The molecule has 1 aliphatic heterocycles. The van der Waals surface area contributed by atoms with Gasteiger partial charge in [0.1, 0.15) is 0 Å². The number of nitrogens with one attached hydrogen (secondary N) is 1. The molecular formula is C12H20N2O. The average molecular weight is 208 g/mol. The van der Waals surface area contributed by atoms with Crippen LogP contribution in [0.2, 0.25) is 0 Å². The van der Waals surface area contributed by atoms with Crippen molar-refractivity contribution < 1.29 is 4.79 Å². The van der Waals surface area contributed by atoms with Crippen LogP contribution in [0.15, 0.2) is 0 Å². The molecule has 4 unspecified atom stereocenters. The number of likely N-dealkylation sites (tertiary alicyclic amines) is 1. The minimum absolute atomic E-state index is 0.124. The molecule has 0 radical (unpaired) electrons. The summed E-state index contributed by atoms with van der Waals surface area (Å²) >= 11 is 0. The molecule has 1 amide bonds. The number of amides is 1. The summed E-state index contributed by atoms with van der Waals surface area (Å²) in [7, 11) is 1.91. The Morgan fingerprint density at radius 1 is 1.27 bits per heavy atom. The first kappa shape index (κ1) is 9.64. The minimum atomic E-state index is 0.124. The Bertz CT molecular complexity index is 279. The molecule has 3 fully saturated rings. The number of likely N-dealkylation sites (N-methyl/N-ethyl adjacent to an activating group) is 1. The van der Waals surface area contributed by atoms with Crippen LogP contribution in [0.25, 0.3) is 0 Å². The highest BCUT2D eigenvalue weighted by Gasteiger charge is 2.42. The van der Waals surface area contributed by atoms with E-state index in [-0.39, 0.29) is 6.04 Å². The molecule has 1 N–H and O–H groups in total. The summed E-state index contributed by atoms with van der Waals surface area (Å²) in [6, 6.07) is 0.767. The molecule has 0 aromatic carbocycles.